The van der Waals surface area contributed by atoms with Gasteiger partial charge in [0.15, 0.2) is 0 Å². The van der Waals surface area contributed by atoms with E-state index >= 15 is 0 Å². The minimum Gasteiger partial charge on any atom is -0.739 e. The van der Waals surface area contributed by atoms with E-state index in [0.717, 1.165) is 9.36 Å². The largest absolute Gasteiger partial charge is 0.739 e. The summed E-state index contributed by atoms with van der Waals surface area (Å²) in [5.74, 6) is 5.57. The van der Waals surface area contributed by atoms with Gasteiger partial charge in [0.05, 0.1) is 6.54 Å². The maximum Gasteiger partial charge on any atom is 0.364 e. The van der Waals surface area contributed by atoms with Crippen molar-refractivity contribution in [3.63, 3.8) is 0 Å². The highest BCUT2D eigenvalue weighted by Gasteiger charge is 2.07. The molecule has 15 heavy (non-hydrogen) atoms. The van der Waals surface area contributed by atoms with Crippen LogP contribution in [0.1, 0.15) is 5.82 Å². The lowest BCUT2D eigenvalue weighted by Crippen LogP contribution is -2.30. The predicted molar refractivity (Wildman–Crippen MR) is 53.5 cm³/mol. The number of nitrogens with zero attached hydrogens (tertiary/aromatic N) is 3. The van der Waals surface area contributed by atoms with Crippen molar-refractivity contribution in [3.05, 3.63) is 16.3 Å². The second kappa shape index (κ2) is 4.24. The Morgan fingerprint density at radius 2 is 2.20 bits per heavy atom. The molecule has 0 amide bonds. The Balaban J connectivity index is 2.67. The van der Waals surface area contributed by atoms with Crippen LogP contribution in [0.2, 0.25) is 0 Å². The second-order valence-corrected chi connectivity index (χ2v) is 6.05. The standard InChI is InChI=1S/C5H10N4O4S2/c1-4-7-8(5(10)9(4)6)2-3-14-15(11,12)13/h2-3,6H2,1H3,(H,11,12,13)/p-1. The van der Waals surface area contributed by atoms with Gasteiger partial charge in [-0.1, -0.05) is 0 Å². The quantitative estimate of drug-likeness (QED) is 0.384. The van der Waals surface area contributed by atoms with Crippen molar-refractivity contribution < 1.29 is 13.0 Å². The molecule has 1 aromatic heterocycles. The fourth-order valence-electron chi connectivity index (χ4n) is 0.900. The van der Waals surface area contributed by atoms with Gasteiger partial charge in [0.2, 0.25) is 0 Å². The Labute approximate surface area is 89.2 Å². The van der Waals surface area contributed by atoms with E-state index in [1.165, 1.54) is 6.92 Å². The van der Waals surface area contributed by atoms with Crippen molar-refractivity contribution in [2.45, 2.75) is 13.5 Å². The molecule has 2 N–H and O–H groups in total. The maximum atomic E-state index is 11.2. The molecule has 86 valence electrons. The van der Waals surface area contributed by atoms with Crippen molar-refractivity contribution in [2.24, 2.45) is 0 Å². The number of hydrogen-bond donors (Lipinski definition) is 1. The van der Waals surface area contributed by atoms with Crippen LogP contribution in [-0.2, 0) is 15.7 Å². The first kappa shape index (κ1) is 12.1. The summed E-state index contributed by atoms with van der Waals surface area (Å²) in [5.41, 5.74) is -0.545. The molecule has 0 saturated carbocycles. The third-order valence-electron chi connectivity index (χ3n) is 1.57. The van der Waals surface area contributed by atoms with E-state index in [1.54, 1.807) is 0 Å². The average molecular weight is 253 g/mol. The third-order valence-corrected chi connectivity index (χ3v) is 3.58. The van der Waals surface area contributed by atoms with Crippen LogP contribution in [0.25, 0.3) is 0 Å². The van der Waals surface area contributed by atoms with Crippen LogP contribution in [0, 0.1) is 6.92 Å². The molecular formula is C5H9N4O4S2-. The maximum absolute atomic E-state index is 11.2. The van der Waals surface area contributed by atoms with E-state index in [4.69, 9.17) is 5.84 Å². The molecule has 0 aliphatic rings. The van der Waals surface area contributed by atoms with Crippen molar-refractivity contribution in [1.82, 2.24) is 14.5 Å². The van der Waals surface area contributed by atoms with Gasteiger partial charge in [-0.05, 0) is 17.7 Å². The molecule has 0 atom stereocenters. The van der Waals surface area contributed by atoms with Gasteiger partial charge in [0.25, 0.3) is 0 Å². The number of rotatable bonds is 4. The number of aromatic nitrogens is 3. The normalized spacial score (nSPS) is 11.9. The summed E-state index contributed by atoms with van der Waals surface area (Å²) in [5, 5.41) is 3.76. The van der Waals surface area contributed by atoms with Gasteiger partial charge in [0.1, 0.15) is 15.0 Å². The highest BCUT2D eigenvalue weighted by molar-refractivity contribution is 8.69. The Morgan fingerprint density at radius 1 is 1.60 bits per heavy atom. The molecule has 1 aromatic rings. The zero-order valence-corrected chi connectivity index (χ0v) is 9.42. The molecule has 0 aliphatic carbocycles. The van der Waals surface area contributed by atoms with Crippen LogP contribution in [0.3, 0.4) is 0 Å². The van der Waals surface area contributed by atoms with Crippen molar-refractivity contribution in [2.75, 3.05) is 11.6 Å². The van der Waals surface area contributed by atoms with Gasteiger partial charge in [-0.3, -0.25) is 0 Å². The summed E-state index contributed by atoms with van der Waals surface area (Å²) in [6, 6.07) is 0. The Kier molecular flexibility index (Phi) is 3.42. The summed E-state index contributed by atoms with van der Waals surface area (Å²) in [6.07, 6.45) is 0. The molecule has 0 aromatic carbocycles. The summed E-state index contributed by atoms with van der Waals surface area (Å²) >= 11 is 0. The van der Waals surface area contributed by atoms with E-state index in [9.17, 15) is 17.8 Å². The van der Waals surface area contributed by atoms with Crippen LogP contribution in [0.5, 0.6) is 0 Å². The van der Waals surface area contributed by atoms with Crippen molar-refractivity contribution >= 4 is 19.9 Å². The monoisotopic (exact) mass is 253 g/mol. The van der Waals surface area contributed by atoms with Gasteiger partial charge < -0.3 is 10.4 Å². The van der Waals surface area contributed by atoms with Crippen LogP contribution in [0.4, 0.5) is 0 Å². The fourth-order valence-corrected chi connectivity index (χ4v) is 2.19. The zero-order valence-electron chi connectivity index (χ0n) is 7.78. The lowest BCUT2D eigenvalue weighted by molar-refractivity contribution is 0.482. The average Bonchev–Trinajstić information content (AvgIpc) is 2.32. The number of nitrogen functional groups attached to an aromatic ring is 1. The minimum atomic E-state index is -4.32. The molecule has 0 bridgehead atoms. The molecule has 1 rings (SSSR count). The van der Waals surface area contributed by atoms with Crippen LogP contribution in [0.15, 0.2) is 4.79 Å². The molecule has 0 saturated heterocycles. The first-order valence-electron chi connectivity index (χ1n) is 3.83. The lowest BCUT2D eigenvalue weighted by Gasteiger charge is -2.04. The molecular weight excluding hydrogens is 244 g/mol. The van der Waals surface area contributed by atoms with Gasteiger partial charge in [-0.2, -0.15) is 9.77 Å². The third kappa shape index (κ3) is 3.25. The van der Waals surface area contributed by atoms with Crippen molar-refractivity contribution in [1.29, 1.82) is 0 Å². The lowest BCUT2D eigenvalue weighted by atomic mass is 10.7. The molecule has 10 heteroatoms. The van der Waals surface area contributed by atoms with Gasteiger partial charge in [-0.15, -0.1) is 0 Å². The molecule has 0 aliphatic heterocycles. The van der Waals surface area contributed by atoms with E-state index in [1.807, 2.05) is 0 Å². The Hall–Kier alpha value is -1.00. The minimum absolute atomic E-state index is 0.0238. The number of nitrogens with two attached hydrogens (primary N) is 1. The summed E-state index contributed by atoms with van der Waals surface area (Å²) < 4.78 is 32.6. The molecule has 8 nitrogen and oxygen atoms in total. The second-order valence-electron chi connectivity index (χ2n) is 2.65. The van der Waals surface area contributed by atoms with Crippen LogP contribution in [-0.4, -0.2) is 33.2 Å². The predicted octanol–water partition coefficient (Wildman–Crippen LogP) is -1.74. The first-order valence-corrected chi connectivity index (χ1v) is 6.74. The van der Waals surface area contributed by atoms with Gasteiger partial charge in [0, 0.05) is 5.75 Å². The van der Waals surface area contributed by atoms with Crippen LogP contribution < -0.4 is 11.5 Å². The highest BCUT2D eigenvalue weighted by atomic mass is 33.1. The van der Waals surface area contributed by atoms with E-state index in [-0.39, 0.29) is 23.1 Å². The summed E-state index contributed by atoms with van der Waals surface area (Å²) in [4.78, 5) is 11.2. The van der Waals surface area contributed by atoms with E-state index < -0.39 is 14.8 Å². The Bertz CT molecular complexity index is 502. The molecule has 0 radical (unpaired) electrons. The SMILES string of the molecule is Cc1nn(CCSS(=O)(=O)[O-])c(=O)n1N. The van der Waals surface area contributed by atoms with Crippen molar-refractivity contribution in [3.8, 4) is 0 Å². The fraction of sp³-hybridized carbons (Fsp3) is 0.600. The molecule has 0 fully saturated rings. The summed E-state index contributed by atoms with van der Waals surface area (Å²) in [6.45, 7) is 1.56. The van der Waals surface area contributed by atoms with E-state index in [2.05, 4.69) is 5.10 Å². The molecule has 1 heterocycles. The van der Waals surface area contributed by atoms with E-state index in [0.29, 0.717) is 5.82 Å². The highest BCUT2D eigenvalue weighted by Crippen LogP contribution is 2.08. The number of aryl methyl sites for hydroxylation is 2. The van der Waals surface area contributed by atoms with Gasteiger partial charge >= 0.3 is 5.69 Å². The Morgan fingerprint density at radius 3 is 2.60 bits per heavy atom. The topological polar surface area (TPSA) is 123 Å². The van der Waals surface area contributed by atoms with Gasteiger partial charge in [-0.25, -0.2) is 17.9 Å². The first-order chi connectivity index (χ1) is 6.81. The smallest absolute Gasteiger partial charge is 0.364 e. The van der Waals surface area contributed by atoms with Crippen LogP contribution >= 0.6 is 10.8 Å². The summed E-state index contributed by atoms with van der Waals surface area (Å²) in [7, 11) is -4.11. The number of hydrogen-bond acceptors (Lipinski definition) is 7. The molecule has 0 unspecified atom stereocenters. The molecule has 0 spiro atoms. The zero-order chi connectivity index (χ0) is 11.6.